The first-order valence-corrected chi connectivity index (χ1v) is 7.69. The summed E-state index contributed by atoms with van der Waals surface area (Å²) in [6, 6.07) is 0.268. The zero-order valence-electron chi connectivity index (χ0n) is 11.1. The number of hydrogen-bond acceptors (Lipinski definition) is 3. The van der Waals surface area contributed by atoms with Gasteiger partial charge >= 0.3 is 0 Å². The molecule has 1 unspecified atom stereocenters. The SMILES string of the molecule is CCSC(C(=O)NC1CCC(O)CC1)C(C)C. The lowest BCUT2D eigenvalue weighted by molar-refractivity contribution is -0.122. The molecule has 4 heteroatoms. The van der Waals surface area contributed by atoms with E-state index < -0.39 is 0 Å². The second kappa shape index (κ2) is 7.27. The molecule has 1 fully saturated rings. The van der Waals surface area contributed by atoms with Crippen LogP contribution in [0.1, 0.15) is 46.5 Å². The molecule has 0 spiro atoms. The molecule has 0 aromatic carbocycles. The lowest BCUT2D eigenvalue weighted by atomic mass is 9.93. The van der Waals surface area contributed by atoms with Gasteiger partial charge in [-0.05, 0) is 37.4 Å². The lowest BCUT2D eigenvalue weighted by Gasteiger charge is -2.28. The zero-order valence-corrected chi connectivity index (χ0v) is 11.9. The Kier molecular flexibility index (Phi) is 6.34. The molecule has 1 rings (SSSR count). The van der Waals surface area contributed by atoms with Crippen molar-refractivity contribution in [3.05, 3.63) is 0 Å². The highest BCUT2D eigenvalue weighted by Crippen LogP contribution is 2.22. The van der Waals surface area contributed by atoms with Crippen LogP contribution >= 0.6 is 11.8 Å². The third kappa shape index (κ3) is 4.88. The van der Waals surface area contributed by atoms with E-state index in [-0.39, 0.29) is 23.3 Å². The van der Waals surface area contributed by atoms with Gasteiger partial charge in [-0.15, -0.1) is 11.8 Å². The molecule has 0 bridgehead atoms. The molecule has 3 nitrogen and oxygen atoms in total. The monoisotopic (exact) mass is 259 g/mol. The number of nitrogens with one attached hydrogen (secondary N) is 1. The van der Waals surface area contributed by atoms with Gasteiger partial charge in [-0.3, -0.25) is 4.79 Å². The second-order valence-corrected chi connectivity index (χ2v) is 6.55. The summed E-state index contributed by atoms with van der Waals surface area (Å²) in [5.74, 6) is 1.52. The van der Waals surface area contributed by atoms with E-state index in [2.05, 4.69) is 26.1 Å². The van der Waals surface area contributed by atoms with Crippen LogP contribution in [0.2, 0.25) is 0 Å². The van der Waals surface area contributed by atoms with Gasteiger partial charge in [0, 0.05) is 6.04 Å². The van der Waals surface area contributed by atoms with Gasteiger partial charge in [0.25, 0.3) is 0 Å². The topological polar surface area (TPSA) is 49.3 Å². The van der Waals surface area contributed by atoms with Gasteiger partial charge in [-0.2, -0.15) is 0 Å². The van der Waals surface area contributed by atoms with Crippen LogP contribution in [-0.4, -0.2) is 34.2 Å². The average Bonchev–Trinajstić information content (AvgIpc) is 2.28. The average molecular weight is 259 g/mol. The smallest absolute Gasteiger partial charge is 0.233 e. The fraction of sp³-hybridized carbons (Fsp3) is 0.923. The van der Waals surface area contributed by atoms with Gasteiger partial charge in [0.05, 0.1) is 11.4 Å². The Balaban J connectivity index is 2.41. The first-order valence-electron chi connectivity index (χ1n) is 6.64. The highest BCUT2D eigenvalue weighted by atomic mass is 32.2. The van der Waals surface area contributed by atoms with Crippen molar-refractivity contribution >= 4 is 17.7 Å². The number of thioether (sulfide) groups is 1. The van der Waals surface area contributed by atoms with Crippen molar-refractivity contribution in [1.29, 1.82) is 0 Å². The number of carbonyl (C=O) groups excluding carboxylic acids is 1. The quantitative estimate of drug-likeness (QED) is 0.795. The molecule has 0 heterocycles. The fourth-order valence-corrected chi connectivity index (χ4v) is 3.22. The van der Waals surface area contributed by atoms with E-state index in [1.165, 1.54) is 0 Å². The Morgan fingerprint density at radius 2 is 1.94 bits per heavy atom. The van der Waals surface area contributed by atoms with Gasteiger partial charge in [0.15, 0.2) is 0 Å². The van der Waals surface area contributed by atoms with E-state index in [4.69, 9.17) is 0 Å². The van der Waals surface area contributed by atoms with Crippen molar-refractivity contribution in [3.63, 3.8) is 0 Å². The van der Waals surface area contributed by atoms with E-state index in [1.807, 2.05) is 0 Å². The first-order chi connectivity index (χ1) is 8.04. The Hall–Kier alpha value is -0.220. The molecule has 100 valence electrons. The minimum atomic E-state index is -0.158. The second-order valence-electron chi connectivity index (χ2n) is 5.13. The molecule has 0 aromatic rings. The molecule has 1 aliphatic carbocycles. The summed E-state index contributed by atoms with van der Waals surface area (Å²) in [4.78, 5) is 12.1. The van der Waals surface area contributed by atoms with Crippen LogP contribution in [0.15, 0.2) is 0 Å². The van der Waals surface area contributed by atoms with Crippen LogP contribution in [0.3, 0.4) is 0 Å². The number of rotatable bonds is 5. The third-order valence-electron chi connectivity index (χ3n) is 3.25. The summed E-state index contributed by atoms with van der Waals surface area (Å²) in [7, 11) is 0. The Morgan fingerprint density at radius 3 is 2.41 bits per heavy atom. The standard InChI is InChI=1S/C13H25NO2S/c1-4-17-12(9(2)3)13(16)14-10-5-7-11(15)8-6-10/h9-12,15H,4-8H2,1-3H3,(H,14,16). The van der Waals surface area contributed by atoms with Crippen molar-refractivity contribution in [2.75, 3.05) is 5.75 Å². The highest BCUT2D eigenvalue weighted by Gasteiger charge is 2.26. The fourth-order valence-electron chi connectivity index (χ4n) is 2.25. The lowest BCUT2D eigenvalue weighted by Crippen LogP contribution is -2.44. The van der Waals surface area contributed by atoms with Gasteiger partial charge in [0.2, 0.25) is 5.91 Å². The summed E-state index contributed by atoms with van der Waals surface area (Å²) in [5, 5.41) is 12.6. The molecule has 1 saturated carbocycles. The Labute approximate surface area is 109 Å². The highest BCUT2D eigenvalue weighted by molar-refractivity contribution is 8.00. The van der Waals surface area contributed by atoms with Gasteiger partial charge < -0.3 is 10.4 Å². The molecule has 0 radical (unpaired) electrons. The van der Waals surface area contributed by atoms with Gasteiger partial charge in [-0.25, -0.2) is 0 Å². The van der Waals surface area contributed by atoms with Crippen LogP contribution in [0, 0.1) is 5.92 Å². The largest absolute Gasteiger partial charge is 0.393 e. The molecule has 0 aromatic heterocycles. The molecule has 0 aliphatic heterocycles. The summed E-state index contributed by atoms with van der Waals surface area (Å²) in [6.45, 7) is 6.28. The van der Waals surface area contributed by atoms with Crippen LogP contribution in [0.25, 0.3) is 0 Å². The van der Waals surface area contributed by atoms with Gasteiger partial charge in [0.1, 0.15) is 0 Å². The maximum atomic E-state index is 12.1. The number of hydrogen-bond donors (Lipinski definition) is 2. The van der Waals surface area contributed by atoms with E-state index in [0.29, 0.717) is 5.92 Å². The van der Waals surface area contributed by atoms with Crippen LogP contribution in [0.4, 0.5) is 0 Å². The van der Waals surface area contributed by atoms with Gasteiger partial charge in [-0.1, -0.05) is 20.8 Å². The van der Waals surface area contributed by atoms with Crippen molar-refractivity contribution in [1.82, 2.24) is 5.32 Å². The molecule has 17 heavy (non-hydrogen) atoms. The van der Waals surface area contributed by atoms with Crippen LogP contribution in [0.5, 0.6) is 0 Å². The van der Waals surface area contributed by atoms with Crippen molar-refractivity contribution < 1.29 is 9.90 Å². The summed E-state index contributed by atoms with van der Waals surface area (Å²) in [6.07, 6.45) is 3.30. The van der Waals surface area contributed by atoms with E-state index in [1.54, 1.807) is 11.8 Å². The number of amides is 1. The molecular weight excluding hydrogens is 234 g/mol. The maximum absolute atomic E-state index is 12.1. The molecule has 1 aliphatic rings. The van der Waals surface area contributed by atoms with E-state index >= 15 is 0 Å². The summed E-state index contributed by atoms with van der Waals surface area (Å²) >= 11 is 1.72. The Morgan fingerprint density at radius 1 is 1.35 bits per heavy atom. The molecular formula is C13H25NO2S. The summed E-state index contributed by atoms with van der Waals surface area (Å²) in [5.41, 5.74) is 0. The normalized spacial score (nSPS) is 26.9. The van der Waals surface area contributed by atoms with E-state index in [9.17, 15) is 9.90 Å². The molecule has 2 N–H and O–H groups in total. The van der Waals surface area contributed by atoms with Crippen LogP contribution < -0.4 is 5.32 Å². The number of aliphatic hydroxyl groups excluding tert-OH is 1. The summed E-state index contributed by atoms with van der Waals surface area (Å²) < 4.78 is 0. The first kappa shape index (κ1) is 14.8. The van der Waals surface area contributed by atoms with E-state index in [0.717, 1.165) is 31.4 Å². The molecule has 0 saturated heterocycles. The zero-order chi connectivity index (χ0) is 12.8. The van der Waals surface area contributed by atoms with Crippen molar-refractivity contribution in [2.45, 2.75) is 63.9 Å². The number of aliphatic hydroxyl groups is 1. The maximum Gasteiger partial charge on any atom is 0.233 e. The van der Waals surface area contributed by atoms with Crippen molar-refractivity contribution in [3.8, 4) is 0 Å². The Bertz CT molecular complexity index is 238. The predicted octanol–water partition coefficient (Wildman–Crippen LogP) is 2.18. The minimum absolute atomic E-state index is 0.0619. The van der Waals surface area contributed by atoms with Crippen LogP contribution in [-0.2, 0) is 4.79 Å². The molecule has 1 amide bonds. The van der Waals surface area contributed by atoms with Crippen molar-refractivity contribution in [2.24, 2.45) is 5.92 Å². The number of carbonyl (C=O) groups is 1. The molecule has 1 atom stereocenters. The predicted molar refractivity (Wildman–Crippen MR) is 73.2 cm³/mol. The minimum Gasteiger partial charge on any atom is -0.393 e. The third-order valence-corrected chi connectivity index (χ3v) is 4.70.